The summed E-state index contributed by atoms with van der Waals surface area (Å²) in [5.41, 5.74) is -1.31. The van der Waals surface area contributed by atoms with Crippen molar-refractivity contribution < 1.29 is 32.6 Å². The first kappa shape index (κ1) is 23.7. The van der Waals surface area contributed by atoms with Crippen LogP contribution < -0.4 is 9.64 Å². The van der Waals surface area contributed by atoms with E-state index in [-0.39, 0.29) is 17.0 Å². The Labute approximate surface area is 193 Å². The van der Waals surface area contributed by atoms with Gasteiger partial charge in [0, 0.05) is 12.2 Å². The summed E-state index contributed by atoms with van der Waals surface area (Å²) in [5.74, 6) is -2.64. The number of aromatic carboxylic acids is 1. The average molecular weight is 529 g/mol. The Morgan fingerprint density at radius 1 is 1.19 bits per heavy atom. The lowest BCUT2D eigenvalue weighted by Gasteiger charge is -2.28. The van der Waals surface area contributed by atoms with Crippen LogP contribution >= 0.6 is 27.3 Å². The van der Waals surface area contributed by atoms with Crippen LogP contribution in [-0.4, -0.2) is 28.0 Å². The van der Waals surface area contributed by atoms with Gasteiger partial charge in [0.2, 0.25) is 5.88 Å². The van der Waals surface area contributed by atoms with E-state index < -0.39 is 35.5 Å². The van der Waals surface area contributed by atoms with E-state index in [0.717, 1.165) is 28.2 Å². The number of nitrogens with zero attached hydrogens (tertiary/aromatic N) is 2. The maximum atomic E-state index is 13.2. The van der Waals surface area contributed by atoms with Crippen LogP contribution in [0.1, 0.15) is 39.4 Å². The number of carbonyl (C=O) groups is 2. The molecule has 0 saturated heterocycles. The Balaban J connectivity index is 2.03. The van der Waals surface area contributed by atoms with E-state index in [2.05, 4.69) is 20.9 Å². The van der Waals surface area contributed by atoms with Crippen LogP contribution in [0.2, 0.25) is 0 Å². The van der Waals surface area contributed by atoms with Crippen LogP contribution in [-0.2, 0) is 6.18 Å². The van der Waals surface area contributed by atoms with Crippen LogP contribution in [0, 0.1) is 0 Å². The smallest absolute Gasteiger partial charge is 0.421 e. The van der Waals surface area contributed by atoms with E-state index in [1.807, 2.05) is 0 Å². The molecule has 0 radical (unpaired) electrons. The first-order valence-electron chi connectivity index (χ1n) is 9.15. The molecule has 32 heavy (non-hydrogen) atoms. The van der Waals surface area contributed by atoms with Gasteiger partial charge in [-0.2, -0.15) is 13.2 Å². The van der Waals surface area contributed by atoms with Gasteiger partial charge >= 0.3 is 12.1 Å². The second-order valence-electron chi connectivity index (χ2n) is 6.81. The first-order valence-corrected chi connectivity index (χ1v) is 10.8. The summed E-state index contributed by atoms with van der Waals surface area (Å²) in [6, 6.07) is 8.55. The van der Waals surface area contributed by atoms with Gasteiger partial charge in [0.15, 0.2) is 0 Å². The van der Waals surface area contributed by atoms with Crippen molar-refractivity contribution in [3.05, 3.63) is 68.5 Å². The van der Waals surface area contributed by atoms with Gasteiger partial charge in [0.05, 0.1) is 19.9 Å². The SMILES string of the molecule is CC(C)N(C(=O)c1ccc(Br)s1)c1ccc(Oc2ncccc2C(F)(F)F)cc1C(=O)O. The predicted octanol–water partition coefficient (Wildman–Crippen LogP) is 6.47. The lowest BCUT2D eigenvalue weighted by molar-refractivity contribution is -0.138. The highest BCUT2D eigenvalue weighted by Crippen LogP contribution is 2.38. The Morgan fingerprint density at radius 2 is 1.91 bits per heavy atom. The van der Waals surface area contributed by atoms with Gasteiger partial charge in [-0.25, -0.2) is 9.78 Å². The van der Waals surface area contributed by atoms with E-state index >= 15 is 0 Å². The molecule has 1 aromatic carbocycles. The molecular weight excluding hydrogens is 513 g/mol. The highest BCUT2D eigenvalue weighted by atomic mass is 79.9. The molecule has 0 saturated carbocycles. The molecule has 0 unspecified atom stereocenters. The van der Waals surface area contributed by atoms with Gasteiger partial charge < -0.3 is 14.7 Å². The molecule has 168 valence electrons. The number of alkyl halides is 3. The van der Waals surface area contributed by atoms with Gasteiger partial charge in [-0.3, -0.25) is 4.79 Å². The van der Waals surface area contributed by atoms with Gasteiger partial charge in [-0.1, -0.05) is 0 Å². The van der Waals surface area contributed by atoms with Crippen LogP contribution in [0.4, 0.5) is 18.9 Å². The van der Waals surface area contributed by atoms with Gasteiger partial charge in [0.25, 0.3) is 5.91 Å². The molecule has 2 aromatic heterocycles. The maximum Gasteiger partial charge on any atom is 0.421 e. The molecule has 11 heteroatoms. The standard InChI is InChI=1S/C21H16BrF3N2O4S/c1-11(2)27(19(28)16-7-8-17(22)32-16)15-6-5-12(10-13(15)20(29)30)31-18-14(21(23,24)25)4-3-9-26-18/h3-11H,1-2H3,(H,29,30). The highest BCUT2D eigenvalue weighted by molar-refractivity contribution is 9.11. The zero-order valence-electron chi connectivity index (χ0n) is 16.7. The summed E-state index contributed by atoms with van der Waals surface area (Å²) in [5, 5.41) is 9.73. The average Bonchev–Trinajstić information content (AvgIpc) is 3.14. The number of aromatic nitrogens is 1. The predicted molar refractivity (Wildman–Crippen MR) is 117 cm³/mol. The number of ether oxygens (including phenoxy) is 1. The number of carboxylic acids is 1. The van der Waals surface area contributed by atoms with Gasteiger partial charge in [0.1, 0.15) is 11.3 Å². The third kappa shape index (κ3) is 5.10. The van der Waals surface area contributed by atoms with E-state index in [1.165, 1.54) is 28.4 Å². The van der Waals surface area contributed by atoms with Crippen molar-refractivity contribution in [2.45, 2.75) is 26.1 Å². The lowest BCUT2D eigenvalue weighted by Crippen LogP contribution is -2.37. The van der Waals surface area contributed by atoms with E-state index in [0.29, 0.717) is 4.88 Å². The summed E-state index contributed by atoms with van der Waals surface area (Å²) < 4.78 is 45.6. The molecule has 0 spiro atoms. The van der Waals surface area contributed by atoms with Crippen LogP contribution in [0.3, 0.4) is 0 Å². The fourth-order valence-corrected chi connectivity index (χ4v) is 4.25. The molecule has 1 amide bonds. The van der Waals surface area contributed by atoms with Crippen molar-refractivity contribution in [3.63, 3.8) is 0 Å². The number of halogens is 4. The summed E-state index contributed by atoms with van der Waals surface area (Å²) >= 11 is 4.49. The molecule has 2 heterocycles. The number of carboxylic acid groups (broad SMARTS) is 1. The molecule has 0 fully saturated rings. The number of hydrogen-bond acceptors (Lipinski definition) is 5. The molecule has 0 bridgehead atoms. The summed E-state index contributed by atoms with van der Waals surface area (Å²) in [4.78, 5) is 30.3. The maximum absolute atomic E-state index is 13.2. The molecule has 0 aliphatic carbocycles. The zero-order valence-corrected chi connectivity index (χ0v) is 19.1. The second kappa shape index (κ2) is 9.29. The zero-order chi connectivity index (χ0) is 23.6. The molecule has 0 aliphatic rings. The third-order valence-corrected chi connectivity index (χ3v) is 5.88. The summed E-state index contributed by atoms with van der Waals surface area (Å²) in [7, 11) is 0. The fraction of sp³-hybridized carbons (Fsp3) is 0.190. The van der Waals surface area contributed by atoms with Crippen molar-refractivity contribution >= 4 is 44.8 Å². The first-order chi connectivity index (χ1) is 15.0. The van der Waals surface area contributed by atoms with Gasteiger partial charge in [-0.05, 0) is 72.2 Å². The number of thiophene rings is 1. The number of amides is 1. The number of carbonyl (C=O) groups excluding carboxylic acids is 1. The Morgan fingerprint density at radius 3 is 2.47 bits per heavy atom. The molecule has 0 atom stereocenters. The minimum Gasteiger partial charge on any atom is -0.478 e. The second-order valence-corrected chi connectivity index (χ2v) is 9.28. The third-order valence-electron chi connectivity index (χ3n) is 4.27. The van der Waals surface area contributed by atoms with Crippen LogP contribution in [0.15, 0.2) is 52.4 Å². The highest BCUT2D eigenvalue weighted by Gasteiger charge is 2.35. The van der Waals surface area contributed by atoms with Gasteiger partial charge in [-0.15, -0.1) is 11.3 Å². The molecule has 6 nitrogen and oxygen atoms in total. The molecular formula is C21H16BrF3N2O4S. The molecule has 1 N–H and O–H groups in total. The quantitative estimate of drug-likeness (QED) is 0.396. The monoisotopic (exact) mass is 528 g/mol. The van der Waals surface area contributed by atoms with Crippen LogP contribution in [0.25, 0.3) is 0 Å². The normalized spacial score (nSPS) is 11.5. The Bertz CT molecular complexity index is 1160. The number of hydrogen-bond donors (Lipinski definition) is 1. The number of rotatable bonds is 6. The molecule has 3 rings (SSSR count). The molecule has 3 aromatic rings. The largest absolute Gasteiger partial charge is 0.478 e. The Kier molecular flexibility index (Phi) is 6.89. The number of pyridine rings is 1. The van der Waals surface area contributed by atoms with Crippen molar-refractivity contribution in [2.75, 3.05) is 4.90 Å². The van der Waals surface area contributed by atoms with Crippen molar-refractivity contribution in [3.8, 4) is 11.6 Å². The van der Waals surface area contributed by atoms with E-state index in [4.69, 9.17) is 4.74 Å². The van der Waals surface area contributed by atoms with Crippen molar-refractivity contribution in [2.24, 2.45) is 0 Å². The topological polar surface area (TPSA) is 79.7 Å². The number of benzene rings is 1. The summed E-state index contributed by atoms with van der Waals surface area (Å²) in [6.45, 7) is 3.44. The molecule has 0 aliphatic heterocycles. The van der Waals surface area contributed by atoms with Crippen molar-refractivity contribution in [1.29, 1.82) is 0 Å². The lowest BCUT2D eigenvalue weighted by atomic mass is 10.1. The van der Waals surface area contributed by atoms with E-state index in [9.17, 15) is 27.9 Å². The fourth-order valence-electron chi connectivity index (χ4n) is 2.93. The summed E-state index contributed by atoms with van der Waals surface area (Å²) in [6.07, 6.45) is -3.57. The van der Waals surface area contributed by atoms with Crippen LogP contribution in [0.5, 0.6) is 11.6 Å². The number of anilines is 1. The Hall–Kier alpha value is -2.92. The minimum absolute atomic E-state index is 0.0893. The van der Waals surface area contributed by atoms with E-state index in [1.54, 1.807) is 26.0 Å². The minimum atomic E-state index is -4.70. The van der Waals surface area contributed by atoms with Crippen molar-refractivity contribution in [1.82, 2.24) is 4.98 Å².